The van der Waals surface area contributed by atoms with Crippen molar-refractivity contribution in [2.24, 2.45) is 0 Å². The van der Waals surface area contributed by atoms with E-state index in [1.807, 2.05) is 6.20 Å². The number of para-hydroxylation sites is 1. The molecule has 54 heavy (non-hydrogen) atoms. The van der Waals surface area contributed by atoms with Crippen LogP contribution in [0.4, 0.5) is 17.1 Å². The molecule has 0 spiro atoms. The molecule has 0 unspecified atom stereocenters. The maximum absolute atomic E-state index is 4.80. The van der Waals surface area contributed by atoms with Gasteiger partial charge < -0.3 is 9.47 Å². The number of anilines is 3. The van der Waals surface area contributed by atoms with Crippen molar-refractivity contribution in [3.8, 4) is 22.3 Å². The fraction of sp³-hybridized carbons (Fsp3) is 0.0392. The molecule has 3 nitrogen and oxygen atoms in total. The van der Waals surface area contributed by atoms with Crippen LogP contribution >= 0.6 is 0 Å². The molecule has 0 atom stereocenters. The lowest BCUT2D eigenvalue weighted by atomic mass is 9.97. The van der Waals surface area contributed by atoms with Crippen molar-refractivity contribution >= 4 is 72.6 Å². The molecule has 0 amide bonds. The highest BCUT2D eigenvalue weighted by molar-refractivity contribution is 6.24. The summed E-state index contributed by atoms with van der Waals surface area (Å²) in [6, 6.07) is 63.4. The quantitative estimate of drug-likeness (QED) is 0.148. The SMILES string of the molecule is CCn1c2cccc3ccc4cc(-c5ccc(/C=C/c6ccc(-c7ccc(N(c8ccccc8)c8ccc9ccccc9c8)cc7)cn6)cc5)cc1c4c32. The van der Waals surface area contributed by atoms with Crippen LogP contribution in [0.5, 0.6) is 0 Å². The Balaban J connectivity index is 0.873. The molecular weight excluding hydrogens is 655 g/mol. The van der Waals surface area contributed by atoms with Crippen molar-refractivity contribution in [1.82, 2.24) is 9.55 Å². The number of pyridine rings is 1. The van der Waals surface area contributed by atoms with E-state index < -0.39 is 0 Å². The molecular formula is C51H37N3. The van der Waals surface area contributed by atoms with Gasteiger partial charge in [0.15, 0.2) is 0 Å². The molecule has 256 valence electrons. The molecule has 8 aromatic carbocycles. The van der Waals surface area contributed by atoms with Gasteiger partial charge in [-0.2, -0.15) is 0 Å². The summed E-state index contributed by atoms with van der Waals surface area (Å²) in [5.74, 6) is 0. The first kappa shape index (κ1) is 31.7. The fourth-order valence-corrected chi connectivity index (χ4v) is 8.06. The van der Waals surface area contributed by atoms with Crippen LogP contribution in [0.2, 0.25) is 0 Å². The fourth-order valence-electron chi connectivity index (χ4n) is 8.06. The van der Waals surface area contributed by atoms with E-state index in [0.717, 1.165) is 46.0 Å². The first-order chi connectivity index (χ1) is 26.7. The van der Waals surface area contributed by atoms with Gasteiger partial charge in [0.25, 0.3) is 0 Å². The lowest BCUT2D eigenvalue weighted by Crippen LogP contribution is -2.09. The number of nitrogens with zero attached hydrogens (tertiary/aromatic N) is 3. The molecule has 10 aromatic rings. The summed E-state index contributed by atoms with van der Waals surface area (Å²) in [5, 5.41) is 7.81. The van der Waals surface area contributed by atoms with E-state index in [9.17, 15) is 0 Å². The average molecular weight is 692 g/mol. The predicted octanol–water partition coefficient (Wildman–Crippen LogP) is 13.9. The number of fused-ring (bicyclic) bond motifs is 1. The largest absolute Gasteiger partial charge is 0.341 e. The minimum atomic E-state index is 0.925. The van der Waals surface area contributed by atoms with Gasteiger partial charge in [-0.1, -0.05) is 121 Å². The Morgan fingerprint density at radius 2 is 1.11 bits per heavy atom. The zero-order valence-electron chi connectivity index (χ0n) is 30.0. The first-order valence-corrected chi connectivity index (χ1v) is 18.7. The second-order valence-electron chi connectivity index (χ2n) is 14.0. The predicted molar refractivity (Wildman–Crippen MR) is 230 cm³/mol. The summed E-state index contributed by atoms with van der Waals surface area (Å²) in [6.45, 7) is 3.18. The van der Waals surface area contributed by atoms with Gasteiger partial charge in [-0.05, 0) is 117 Å². The van der Waals surface area contributed by atoms with Gasteiger partial charge >= 0.3 is 0 Å². The Kier molecular flexibility index (Phi) is 7.77. The van der Waals surface area contributed by atoms with Crippen LogP contribution in [0.15, 0.2) is 182 Å². The van der Waals surface area contributed by atoms with Crippen LogP contribution in [0.25, 0.3) is 77.8 Å². The highest BCUT2D eigenvalue weighted by atomic mass is 15.1. The van der Waals surface area contributed by atoms with E-state index in [-0.39, 0.29) is 0 Å². The average Bonchev–Trinajstić information content (AvgIpc) is 3.57. The molecule has 0 saturated heterocycles. The third-order valence-corrected chi connectivity index (χ3v) is 10.8. The summed E-state index contributed by atoms with van der Waals surface area (Å²) >= 11 is 0. The molecule has 10 rings (SSSR count). The van der Waals surface area contributed by atoms with Crippen molar-refractivity contribution in [3.05, 3.63) is 193 Å². The van der Waals surface area contributed by atoms with Gasteiger partial charge in [-0.3, -0.25) is 4.98 Å². The highest BCUT2D eigenvalue weighted by Crippen LogP contribution is 2.40. The van der Waals surface area contributed by atoms with E-state index >= 15 is 0 Å². The molecule has 0 fully saturated rings. The zero-order valence-corrected chi connectivity index (χ0v) is 30.0. The number of aromatic nitrogens is 2. The van der Waals surface area contributed by atoms with Gasteiger partial charge in [0.1, 0.15) is 0 Å². The Labute approximate surface area is 315 Å². The minimum Gasteiger partial charge on any atom is -0.341 e. The van der Waals surface area contributed by atoms with Crippen molar-refractivity contribution in [2.75, 3.05) is 4.90 Å². The first-order valence-electron chi connectivity index (χ1n) is 18.7. The van der Waals surface area contributed by atoms with Crippen molar-refractivity contribution in [3.63, 3.8) is 0 Å². The number of rotatable bonds is 8. The molecule has 0 aliphatic heterocycles. The summed E-state index contributed by atoms with van der Waals surface area (Å²) in [4.78, 5) is 7.10. The normalized spacial score (nSPS) is 11.8. The molecule has 0 aliphatic rings. The van der Waals surface area contributed by atoms with E-state index in [1.54, 1.807) is 0 Å². The topological polar surface area (TPSA) is 21.1 Å². The van der Waals surface area contributed by atoms with Crippen molar-refractivity contribution < 1.29 is 0 Å². The van der Waals surface area contributed by atoms with Crippen LogP contribution in [0.1, 0.15) is 18.2 Å². The maximum atomic E-state index is 4.80. The highest BCUT2D eigenvalue weighted by Gasteiger charge is 2.16. The zero-order chi connectivity index (χ0) is 36.0. The molecule has 0 bridgehead atoms. The molecule has 0 aliphatic carbocycles. The summed E-state index contributed by atoms with van der Waals surface area (Å²) in [5.41, 5.74) is 12.7. The third-order valence-electron chi connectivity index (χ3n) is 10.8. The van der Waals surface area contributed by atoms with E-state index in [2.05, 4.69) is 204 Å². The van der Waals surface area contributed by atoms with Crippen molar-refractivity contribution in [2.45, 2.75) is 13.5 Å². The monoisotopic (exact) mass is 691 g/mol. The lowest BCUT2D eigenvalue weighted by molar-refractivity contribution is 0.827. The smallest absolute Gasteiger partial charge is 0.0630 e. The van der Waals surface area contributed by atoms with Gasteiger partial charge in [-0.25, -0.2) is 0 Å². The van der Waals surface area contributed by atoms with Crippen LogP contribution < -0.4 is 4.90 Å². The van der Waals surface area contributed by atoms with Crippen LogP contribution in [-0.4, -0.2) is 9.55 Å². The molecule has 2 heterocycles. The molecule has 0 radical (unpaired) electrons. The summed E-state index contributed by atoms with van der Waals surface area (Å²) < 4.78 is 2.45. The molecule has 0 N–H and O–H groups in total. The Hall–Kier alpha value is -6.97. The Morgan fingerprint density at radius 3 is 1.91 bits per heavy atom. The number of hydrogen-bond donors (Lipinski definition) is 0. The van der Waals surface area contributed by atoms with Gasteiger partial charge in [0, 0.05) is 51.7 Å². The summed E-state index contributed by atoms with van der Waals surface area (Å²) in [7, 11) is 0. The van der Waals surface area contributed by atoms with Gasteiger partial charge in [-0.15, -0.1) is 0 Å². The number of hydrogen-bond acceptors (Lipinski definition) is 2. The Morgan fingerprint density at radius 1 is 0.463 bits per heavy atom. The van der Waals surface area contributed by atoms with E-state index in [0.29, 0.717) is 0 Å². The molecule has 2 aromatic heterocycles. The van der Waals surface area contributed by atoms with E-state index in [1.165, 1.54) is 54.5 Å². The third kappa shape index (κ3) is 5.58. The van der Waals surface area contributed by atoms with Crippen LogP contribution in [-0.2, 0) is 6.54 Å². The van der Waals surface area contributed by atoms with Gasteiger partial charge in [0.2, 0.25) is 0 Å². The minimum absolute atomic E-state index is 0.925. The number of benzene rings is 8. The van der Waals surface area contributed by atoms with E-state index in [4.69, 9.17) is 4.98 Å². The maximum Gasteiger partial charge on any atom is 0.0630 e. The molecule has 3 heteroatoms. The standard InChI is InChI=1S/C51H37N3/c1-2-53-48-14-8-11-39-20-21-41-31-43(33-49(53)51(41)50(39)48)38-18-15-35(16-19-38)17-26-44-27-22-42(34-52-44)37-23-28-46(29-24-37)54(45-12-4-3-5-13-45)47-30-25-36-9-6-7-10-40(36)32-47/h3-34H,2H2,1H3/b26-17+. The lowest BCUT2D eigenvalue weighted by Gasteiger charge is -2.26. The number of aryl methyl sites for hydroxylation is 1. The van der Waals surface area contributed by atoms with Gasteiger partial charge in [0.05, 0.1) is 11.2 Å². The van der Waals surface area contributed by atoms with Crippen LogP contribution in [0, 0.1) is 0 Å². The second-order valence-corrected chi connectivity index (χ2v) is 14.0. The van der Waals surface area contributed by atoms with Crippen LogP contribution in [0.3, 0.4) is 0 Å². The second kappa shape index (κ2) is 13.2. The Bertz CT molecular complexity index is 2940. The summed E-state index contributed by atoms with van der Waals surface area (Å²) in [6.07, 6.45) is 6.19. The molecule has 0 saturated carbocycles. The van der Waals surface area contributed by atoms with Crippen molar-refractivity contribution in [1.29, 1.82) is 0 Å².